The minimum atomic E-state index is 0.157. The Morgan fingerprint density at radius 2 is 1.70 bits per heavy atom. The van der Waals surface area contributed by atoms with Crippen LogP contribution in [0.5, 0.6) is 5.75 Å². The molecule has 0 saturated heterocycles. The number of phenols is 1. The summed E-state index contributed by atoms with van der Waals surface area (Å²) in [5.41, 5.74) is 2.76. The quantitative estimate of drug-likeness (QED) is 0.255. The fourth-order valence-corrected chi connectivity index (χ4v) is 7.60. The number of anilines is 2. The van der Waals surface area contributed by atoms with Crippen molar-refractivity contribution in [3.05, 3.63) is 66.7 Å². The lowest BCUT2D eigenvalue weighted by Crippen LogP contribution is -2.47. The normalized spacial score (nSPS) is 25.9. The highest BCUT2D eigenvalue weighted by atomic mass is 16.3. The maximum atomic E-state index is 13.2. The van der Waals surface area contributed by atoms with Gasteiger partial charge in [-0.05, 0) is 105 Å². The summed E-state index contributed by atoms with van der Waals surface area (Å²) >= 11 is 0. The number of nitrogens with one attached hydrogen (secondary N) is 3. The number of aromatic hydroxyl groups is 1. The molecule has 0 unspecified atom stereocenters. The molecule has 6 heteroatoms. The molecule has 1 radical (unpaired) electrons. The number of phenolic OH excluding ortho intramolecular Hbond substituents is 1. The zero-order valence-electron chi connectivity index (χ0n) is 21.4. The Labute approximate surface area is 219 Å². The standard InChI is InChI=1S/C31H37N4O2/c36-28-8-2-1-5-24(28)20-32-11-4-12-33-29-10-9-25-26(34-29)6-3-7-27(25)35-30(37)19-31-16-21-13-22(17-31)15-23(14-21)18-31/h1-3,5-10,20-23,32,36H,4,11-19H2,(H,33,34)(H,35,37). The summed E-state index contributed by atoms with van der Waals surface area (Å²) in [6.07, 6.45) is 9.53. The molecular formula is C31H37N4O2. The molecule has 3 aromatic rings. The van der Waals surface area contributed by atoms with E-state index in [1.807, 2.05) is 49.0 Å². The molecule has 2 aromatic carbocycles. The van der Waals surface area contributed by atoms with Crippen LogP contribution in [0.2, 0.25) is 0 Å². The summed E-state index contributed by atoms with van der Waals surface area (Å²) in [5.74, 6) is 3.84. The average Bonchev–Trinajstić information content (AvgIpc) is 2.86. The number of amides is 1. The highest BCUT2D eigenvalue weighted by Crippen LogP contribution is 2.61. The molecule has 4 aliphatic rings. The van der Waals surface area contributed by atoms with E-state index in [9.17, 15) is 9.90 Å². The van der Waals surface area contributed by atoms with Crippen LogP contribution in [-0.4, -0.2) is 29.1 Å². The van der Waals surface area contributed by atoms with Gasteiger partial charge in [-0.15, -0.1) is 0 Å². The minimum Gasteiger partial charge on any atom is -0.508 e. The second kappa shape index (κ2) is 10.3. The van der Waals surface area contributed by atoms with Crippen molar-refractivity contribution in [2.75, 3.05) is 23.7 Å². The van der Waals surface area contributed by atoms with Crippen molar-refractivity contribution < 1.29 is 9.90 Å². The van der Waals surface area contributed by atoms with Gasteiger partial charge in [0.15, 0.2) is 0 Å². The number of rotatable bonds is 10. The van der Waals surface area contributed by atoms with Crippen molar-refractivity contribution in [3.8, 4) is 5.75 Å². The van der Waals surface area contributed by atoms with Crippen molar-refractivity contribution in [2.45, 2.75) is 51.4 Å². The highest BCUT2D eigenvalue weighted by Gasteiger charge is 2.51. The summed E-state index contributed by atoms with van der Waals surface area (Å²) in [7, 11) is 0. The first kappa shape index (κ1) is 24.2. The molecule has 4 bridgehead atoms. The number of fused-ring (bicyclic) bond motifs is 1. The van der Waals surface area contributed by atoms with Crippen LogP contribution in [-0.2, 0) is 4.79 Å². The third-order valence-corrected chi connectivity index (χ3v) is 8.70. The van der Waals surface area contributed by atoms with Gasteiger partial charge in [0, 0.05) is 23.9 Å². The van der Waals surface area contributed by atoms with Gasteiger partial charge in [0.2, 0.25) is 5.91 Å². The molecule has 6 nitrogen and oxygen atoms in total. The molecule has 1 amide bonds. The molecule has 4 aliphatic carbocycles. The van der Waals surface area contributed by atoms with Crippen LogP contribution in [0.1, 0.15) is 56.9 Å². The fraction of sp³-hybridized carbons (Fsp3) is 0.452. The zero-order valence-corrected chi connectivity index (χ0v) is 21.4. The van der Waals surface area contributed by atoms with E-state index in [0.717, 1.165) is 65.2 Å². The number of pyridine rings is 1. The Balaban J connectivity index is 1.01. The van der Waals surface area contributed by atoms with Crippen molar-refractivity contribution in [2.24, 2.45) is 23.2 Å². The average molecular weight is 498 g/mol. The number of hydrogen-bond donors (Lipinski definition) is 4. The molecular weight excluding hydrogens is 460 g/mol. The number of carbonyl (C=O) groups excluding carboxylic acids is 1. The summed E-state index contributed by atoms with van der Waals surface area (Å²) in [4.78, 5) is 18.0. The number of benzene rings is 2. The largest absolute Gasteiger partial charge is 0.508 e. The predicted molar refractivity (Wildman–Crippen MR) is 148 cm³/mol. The first-order valence-electron chi connectivity index (χ1n) is 13.8. The van der Waals surface area contributed by atoms with Crippen LogP contribution in [0.25, 0.3) is 10.9 Å². The second-order valence-electron chi connectivity index (χ2n) is 11.6. The SMILES string of the molecule is O=C(CC12CC3CC(CC(C3)C1)C2)Nc1cccc2nc(NCCCN[CH]c3ccccc3O)ccc12. The van der Waals surface area contributed by atoms with E-state index in [1.165, 1.54) is 38.5 Å². The van der Waals surface area contributed by atoms with Gasteiger partial charge >= 0.3 is 0 Å². The van der Waals surface area contributed by atoms with Gasteiger partial charge in [-0.2, -0.15) is 0 Å². The third-order valence-electron chi connectivity index (χ3n) is 8.70. The molecule has 1 heterocycles. The molecule has 0 aliphatic heterocycles. The lowest BCUT2D eigenvalue weighted by Gasteiger charge is -2.56. The second-order valence-corrected chi connectivity index (χ2v) is 11.6. The van der Waals surface area contributed by atoms with E-state index in [1.54, 1.807) is 6.07 Å². The van der Waals surface area contributed by atoms with Gasteiger partial charge in [0.1, 0.15) is 11.6 Å². The van der Waals surface area contributed by atoms with Crippen molar-refractivity contribution in [1.29, 1.82) is 0 Å². The van der Waals surface area contributed by atoms with E-state index in [2.05, 4.69) is 22.0 Å². The van der Waals surface area contributed by atoms with E-state index >= 15 is 0 Å². The molecule has 193 valence electrons. The van der Waals surface area contributed by atoms with Crippen LogP contribution in [0.3, 0.4) is 0 Å². The van der Waals surface area contributed by atoms with E-state index in [-0.39, 0.29) is 17.1 Å². The molecule has 4 N–H and O–H groups in total. The summed E-state index contributed by atoms with van der Waals surface area (Å²) in [5, 5.41) is 20.7. The number of carbonyl (C=O) groups is 1. The van der Waals surface area contributed by atoms with Gasteiger partial charge in [-0.1, -0.05) is 24.3 Å². The van der Waals surface area contributed by atoms with Crippen LogP contribution < -0.4 is 16.0 Å². The van der Waals surface area contributed by atoms with Crippen LogP contribution in [0.15, 0.2) is 54.6 Å². The fourth-order valence-electron chi connectivity index (χ4n) is 7.60. The van der Waals surface area contributed by atoms with Gasteiger partial charge in [0.05, 0.1) is 17.7 Å². The molecule has 0 atom stereocenters. The summed E-state index contributed by atoms with van der Waals surface area (Å²) in [6, 6.07) is 17.3. The number of nitrogens with zero attached hydrogens (tertiary/aromatic N) is 1. The first-order chi connectivity index (χ1) is 18.1. The minimum absolute atomic E-state index is 0.157. The van der Waals surface area contributed by atoms with Gasteiger partial charge < -0.3 is 21.1 Å². The summed E-state index contributed by atoms with van der Waals surface area (Å²) < 4.78 is 0. The lowest BCUT2D eigenvalue weighted by molar-refractivity contribution is -0.124. The van der Waals surface area contributed by atoms with Crippen molar-refractivity contribution >= 4 is 28.3 Å². The monoisotopic (exact) mass is 497 g/mol. The Hall–Kier alpha value is -3.12. The van der Waals surface area contributed by atoms with Gasteiger partial charge in [-0.3, -0.25) is 4.79 Å². The zero-order chi connectivity index (χ0) is 25.2. The van der Waals surface area contributed by atoms with Crippen molar-refractivity contribution in [1.82, 2.24) is 10.3 Å². The Morgan fingerprint density at radius 3 is 2.46 bits per heavy atom. The predicted octanol–water partition coefficient (Wildman–Crippen LogP) is 6.09. The third kappa shape index (κ3) is 5.45. The van der Waals surface area contributed by atoms with Gasteiger partial charge in [-0.25, -0.2) is 4.98 Å². The highest BCUT2D eigenvalue weighted by molar-refractivity contribution is 6.01. The van der Waals surface area contributed by atoms with Crippen LogP contribution in [0.4, 0.5) is 11.5 Å². The smallest absolute Gasteiger partial charge is 0.224 e. The first-order valence-corrected chi connectivity index (χ1v) is 13.8. The van der Waals surface area contributed by atoms with Crippen molar-refractivity contribution in [3.63, 3.8) is 0 Å². The topological polar surface area (TPSA) is 86.3 Å². The molecule has 7 rings (SSSR count). The van der Waals surface area contributed by atoms with E-state index in [4.69, 9.17) is 4.98 Å². The molecule has 0 spiro atoms. The lowest BCUT2D eigenvalue weighted by atomic mass is 9.49. The summed E-state index contributed by atoms with van der Waals surface area (Å²) in [6.45, 7) is 3.40. The van der Waals surface area contributed by atoms with Crippen LogP contribution >= 0.6 is 0 Å². The Morgan fingerprint density at radius 1 is 0.946 bits per heavy atom. The Bertz CT molecular complexity index is 1240. The molecule has 4 saturated carbocycles. The maximum absolute atomic E-state index is 13.2. The molecule has 1 aromatic heterocycles. The van der Waals surface area contributed by atoms with E-state index < -0.39 is 0 Å². The number of aromatic nitrogens is 1. The molecule has 4 fully saturated rings. The number of para-hydroxylation sites is 1. The van der Waals surface area contributed by atoms with Gasteiger partial charge in [0.25, 0.3) is 0 Å². The van der Waals surface area contributed by atoms with Crippen LogP contribution in [0, 0.1) is 29.7 Å². The Kier molecular flexibility index (Phi) is 6.76. The maximum Gasteiger partial charge on any atom is 0.224 e. The number of hydrogen-bond acceptors (Lipinski definition) is 5. The molecule has 37 heavy (non-hydrogen) atoms. The van der Waals surface area contributed by atoms with E-state index in [0.29, 0.717) is 6.42 Å².